The average molecular weight is 777 g/mol. The number of hydrogen-bond acceptors (Lipinski definition) is 11. The number of aliphatic hydroxyl groups is 2. The van der Waals surface area contributed by atoms with Gasteiger partial charge in [-0.15, -0.1) is 0 Å². The third-order valence-corrected chi connectivity index (χ3v) is 9.58. The molecular weight excluding hydrogens is 716 g/mol. The fourth-order valence-corrected chi connectivity index (χ4v) is 6.26. The summed E-state index contributed by atoms with van der Waals surface area (Å²) in [4.78, 5) is 92.3. The number of carbonyl (C=O) groups is 7. The quantitative estimate of drug-likeness (QED) is 0.0571. The maximum Gasteiger partial charge on any atom is 0.328 e. The highest BCUT2D eigenvalue weighted by Gasteiger charge is 2.37. The number of primary amides is 1. The van der Waals surface area contributed by atoms with Gasteiger partial charge < -0.3 is 53.4 Å². The molecule has 6 amide bonds. The topological polar surface area (TPSA) is 296 Å². The van der Waals surface area contributed by atoms with E-state index >= 15 is 0 Å². The van der Waals surface area contributed by atoms with E-state index in [1.54, 1.807) is 6.92 Å². The van der Waals surface area contributed by atoms with Gasteiger partial charge in [0.25, 0.3) is 0 Å². The molecule has 1 heterocycles. The third-order valence-electron chi connectivity index (χ3n) is 9.58. The van der Waals surface area contributed by atoms with Crippen LogP contribution in [0.1, 0.15) is 72.3 Å². The molecule has 55 heavy (non-hydrogen) atoms. The Hall–Kier alpha value is -4.65. The Morgan fingerprint density at radius 2 is 1.45 bits per heavy atom. The van der Waals surface area contributed by atoms with Crippen molar-refractivity contribution in [1.29, 1.82) is 0 Å². The zero-order chi connectivity index (χ0) is 41.4. The number of nitrogens with zero attached hydrogens (tertiary/aromatic N) is 1. The molecule has 2 rings (SSSR count). The summed E-state index contributed by atoms with van der Waals surface area (Å²) in [6.45, 7) is 8.33. The van der Waals surface area contributed by atoms with Crippen molar-refractivity contribution in [3.05, 3.63) is 35.9 Å². The Morgan fingerprint density at radius 3 is 2.00 bits per heavy atom. The largest absolute Gasteiger partial charge is 0.480 e. The van der Waals surface area contributed by atoms with Crippen molar-refractivity contribution in [1.82, 2.24) is 31.5 Å². The summed E-state index contributed by atoms with van der Waals surface area (Å²) in [5.74, 6) is -6.22. The summed E-state index contributed by atoms with van der Waals surface area (Å²) in [5, 5.41) is 41.5. The average Bonchev–Trinajstić information content (AvgIpc) is 3.59. The molecule has 0 aromatic heterocycles. The van der Waals surface area contributed by atoms with Crippen molar-refractivity contribution in [3.8, 4) is 0 Å². The lowest BCUT2D eigenvalue weighted by molar-refractivity contribution is -0.143. The number of nitrogens with two attached hydrogens (primary N) is 2. The van der Waals surface area contributed by atoms with Gasteiger partial charge in [0.15, 0.2) is 0 Å². The second kappa shape index (κ2) is 22.7. The van der Waals surface area contributed by atoms with Crippen molar-refractivity contribution in [2.24, 2.45) is 23.3 Å². The smallest absolute Gasteiger partial charge is 0.328 e. The second-order valence-corrected chi connectivity index (χ2v) is 14.7. The van der Waals surface area contributed by atoms with Crippen molar-refractivity contribution in [3.63, 3.8) is 0 Å². The molecule has 0 bridgehead atoms. The second-order valence-electron chi connectivity index (χ2n) is 14.7. The van der Waals surface area contributed by atoms with Gasteiger partial charge in [-0.2, -0.15) is 0 Å². The molecule has 1 aliphatic heterocycles. The fraction of sp³-hybridized carbons (Fsp3) is 0.649. The highest BCUT2D eigenvalue weighted by molar-refractivity contribution is 5.95. The number of amides is 6. The molecule has 0 spiro atoms. The van der Waals surface area contributed by atoms with Crippen LogP contribution in [-0.4, -0.2) is 130 Å². The lowest BCUT2D eigenvalue weighted by Crippen LogP contribution is -2.60. The van der Waals surface area contributed by atoms with Crippen LogP contribution in [0.3, 0.4) is 0 Å². The van der Waals surface area contributed by atoms with E-state index in [0.29, 0.717) is 32.2 Å². The minimum atomic E-state index is -1.54. The van der Waals surface area contributed by atoms with Crippen LogP contribution in [-0.2, 0) is 40.0 Å². The van der Waals surface area contributed by atoms with Gasteiger partial charge in [0.2, 0.25) is 35.4 Å². The van der Waals surface area contributed by atoms with E-state index in [0.717, 1.165) is 5.56 Å². The van der Waals surface area contributed by atoms with Crippen molar-refractivity contribution >= 4 is 41.4 Å². The molecule has 1 saturated heterocycles. The summed E-state index contributed by atoms with van der Waals surface area (Å²) in [6, 6.07) is 1.33. The van der Waals surface area contributed by atoms with Crippen LogP contribution >= 0.6 is 0 Å². The molecule has 12 N–H and O–H groups in total. The Labute approximate surface area is 321 Å². The van der Waals surface area contributed by atoms with E-state index in [1.165, 1.54) is 6.92 Å². The van der Waals surface area contributed by atoms with Crippen molar-refractivity contribution in [2.75, 3.05) is 19.7 Å². The molecule has 1 aromatic rings. The normalized spacial score (nSPS) is 18.7. The van der Waals surface area contributed by atoms with Gasteiger partial charge in [-0.1, -0.05) is 64.4 Å². The van der Waals surface area contributed by atoms with Crippen LogP contribution in [0.15, 0.2) is 30.3 Å². The molecule has 0 radical (unpaired) electrons. The standard InChI is InChI=1S/C37H60N8O10/c1-6-21(4)31(36(53)43-27(19-46)37(54)55)44-34(51)28-13-10-14-45(28)18-24(16-23-11-8-7-9-12-23)40-32(49)26(17-29(38)48)41-33(50)25(15-20(2)3)42-35(52)30(39)22(5)47/h7-9,11-12,20-22,24-28,30-31,46-47H,6,10,13-19,39H2,1-5H3,(H2,38,48)(H,40,49)(H,41,50)(H,42,52)(H,43,53)(H,44,51)(H,54,55)/t21?,22-,24+,25+,26+,27+,28+,30?,31+/m1/s1. The lowest BCUT2D eigenvalue weighted by Gasteiger charge is -2.32. The van der Waals surface area contributed by atoms with E-state index in [9.17, 15) is 48.9 Å². The Morgan fingerprint density at radius 1 is 0.855 bits per heavy atom. The molecule has 18 heteroatoms. The number of aliphatic carboxylic acids is 1. The minimum Gasteiger partial charge on any atom is -0.480 e. The highest BCUT2D eigenvalue weighted by Crippen LogP contribution is 2.20. The van der Waals surface area contributed by atoms with Gasteiger partial charge in [0.05, 0.1) is 25.2 Å². The number of likely N-dealkylation sites (tertiary alicyclic amines) is 1. The Bertz CT molecular complexity index is 1460. The molecule has 0 saturated carbocycles. The molecule has 2 unspecified atom stereocenters. The predicted octanol–water partition coefficient (Wildman–Crippen LogP) is -2.13. The van der Waals surface area contributed by atoms with Crippen LogP contribution in [0.2, 0.25) is 0 Å². The van der Waals surface area contributed by atoms with Gasteiger partial charge in [-0.05, 0) is 56.6 Å². The molecule has 9 atom stereocenters. The van der Waals surface area contributed by atoms with Gasteiger partial charge in [-0.3, -0.25) is 33.7 Å². The number of nitrogens with one attached hydrogen (secondary N) is 5. The number of carboxylic acids is 1. The zero-order valence-electron chi connectivity index (χ0n) is 32.3. The monoisotopic (exact) mass is 776 g/mol. The van der Waals surface area contributed by atoms with E-state index in [2.05, 4.69) is 26.6 Å². The molecule has 18 nitrogen and oxygen atoms in total. The number of benzene rings is 1. The first-order chi connectivity index (χ1) is 25.9. The van der Waals surface area contributed by atoms with Crippen molar-refractivity contribution in [2.45, 2.75) is 122 Å². The minimum absolute atomic E-state index is 0.0832. The number of carboxylic acid groups (broad SMARTS) is 1. The van der Waals surface area contributed by atoms with Crippen LogP contribution < -0.4 is 38.1 Å². The number of rotatable bonds is 23. The van der Waals surface area contributed by atoms with E-state index in [4.69, 9.17) is 11.5 Å². The van der Waals surface area contributed by atoms with Gasteiger partial charge >= 0.3 is 5.97 Å². The van der Waals surface area contributed by atoms with E-state index < -0.39 is 103 Å². The third kappa shape index (κ3) is 15.2. The first-order valence-electron chi connectivity index (χ1n) is 18.7. The lowest BCUT2D eigenvalue weighted by atomic mass is 9.97. The SMILES string of the molecule is CCC(C)[C@H](NC(=O)[C@@H]1CCCN1C[C@H](Cc1ccccc1)NC(=O)[C@H](CC(N)=O)NC(=O)[C@H](CC(C)C)NC(=O)C(N)[C@@H](C)O)C(=O)N[C@@H](CO)C(=O)O. The summed E-state index contributed by atoms with van der Waals surface area (Å²) in [7, 11) is 0. The van der Waals surface area contributed by atoms with Crippen molar-refractivity contribution < 1.29 is 48.9 Å². The highest BCUT2D eigenvalue weighted by atomic mass is 16.4. The van der Waals surface area contributed by atoms with E-state index in [-0.39, 0.29) is 24.8 Å². The number of carbonyl (C=O) groups excluding carboxylic acids is 6. The van der Waals surface area contributed by atoms with Crippen LogP contribution in [0.5, 0.6) is 0 Å². The predicted molar refractivity (Wildman–Crippen MR) is 201 cm³/mol. The number of aliphatic hydroxyl groups excluding tert-OH is 2. The summed E-state index contributed by atoms with van der Waals surface area (Å²) in [6.07, 6.45) is 0.249. The van der Waals surface area contributed by atoms with Crippen LogP contribution in [0.4, 0.5) is 0 Å². The summed E-state index contributed by atoms with van der Waals surface area (Å²) >= 11 is 0. The molecule has 1 aromatic carbocycles. The van der Waals surface area contributed by atoms with Gasteiger partial charge in [0, 0.05) is 12.6 Å². The molecule has 0 aliphatic carbocycles. The summed E-state index contributed by atoms with van der Waals surface area (Å²) in [5.41, 5.74) is 12.1. The molecule has 308 valence electrons. The Kier molecular flexibility index (Phi) is 19.2. The fourth-order valence-electron chi connectivity index (χ4n) is 6.26. The van der Waals surface area contributed by atoms with E-state index in [1.807, 2.05) is 56.0 Å². The zero-order valence-corrected chi connectivity index (χ0v) is 32.3. The summed E-state index contributed by atoms with van der Waals surface area (Å²) < 4.78 is 0. The first-order valence-corrected chi connectivity index (χ1v) is 18.7. The maximum atomic E-state index is 13.9. The molecule has 1 aliphatic rings. The van der Waals surface area contributed by atoms with Gasteiger partial charge in [-0.25, -0.2) is 4.79 Å². The molecular formula is C37H60N8O10. The van der Waals surface area contributed by atoms with Gasteiger partial charge in [0.1, 0.15) is 30.2 Å². The Balaban J connectivity index is 2.33. The molecule has 1 fully saturated rings. The number of hydrogen-bond donors (Lipinski definition) is 10. The first kappa shape index (κ1) is 46.5. The van der Waals surface area contributed by atoms with Crippen LogP contribution in [0.25, 0.3) is 0 Å². The maximum absolute atomic E-state index is 13.9. The van der Waals surface area contributed by atoms with Crippen LogP contribution in [0, 0.1) is 11.8 Å².